The summed E-state index contributed by atoms with van der Waals surface area (Å²) in [6, 6.07) is 9.20. The maximum Gasteiger partial charge on any atom is 0.274 e. The van der Waals surface area contributed by atoms with Gasteiger partial charge in [0.05, 0.1) is 19.1 Å². The zero-order valence-electron chi connectivity index (χ0n) is 13.2. The van der Waals surface area contributed by atoms with E-state index in [9.17, 15) is 4.79 Å². The lowest BCUT2D eigenvalue weighted by Crippen LogP contribution is -2.24. The Morgan fingerprint density at radius 1 is 1.29 bits per heavy atom. The molecule has 0 aliphatic rings. The SMILES string of the molecule is COc1ccc(OC)c(CNC(=O)c2ncoc2-c2cccs2)c1. The fraction of sp³-hybridized carbons (Fsp3) is 0.176. The fourth-order valence-electron chi connectivity index (χ4n) is 2.27. The van der Waals surface area contributed by atoms with Crippen LogP contribution in [0, 0.1) is 0 Å². The van der Waals surface area contributed by atoms with Gasteiger partial charge in [-0.1, -0.05) is 6.07 Å². The summed E-state index contributed by atoms with van der Waals surface area (Å²) in [5.41, 5.74) is 1.07. The van der Waals surface area contributed by atoms with Gasteiger partial charge in [0.15, 0.2) is 17.8 Å². The van der Waals surface area contributed by atoms with E-state index in [4.69, 9.17) is 13.9 Å². The normalized spacial score (nSPS) is 10.4. The minimum atomic E-state index is -0.308. The Labute approximate surface area is 143 Å². The van der Waals surface area contributed by atoms with Gasteiger partial charge in [-0.15, -0.1) is 11.3 Å². The number of thiophene rings is 1. The molecule has 1 amide bonds. The highest BCUT2D eigenvalue weighted by atomic mass is 32.1. The highest BCUT2D eigenvalue weighted by molar-refractivity contribution is 7.13. The van der Waals surface area contributed by atoms with Crippen LogP contribution in [-0.4, -0.2) is 25.1 Å². The first-order valence-electron chi connectivity index (χ1n) is 7.19. The average molecular weight is 344 g/mol. The van der Waals surface area contributed by atoms with Gasteiger partial charge in [-0.25, -0.2) is 4.98 Å². The van der Waals surface area contributed by atoms with Crippen molar-refractivity contribution >= 4 is 17.2 Å². The van der Waals surface area contributed by atoms with Gasteiger partial charge in [-0.05, 0) is 29.6 Å². The number of amides is 1. The van der Waals surface area contributed by atoms with Crippen LogP contribution < -0.4 is 14.8 Å². The number of carbonyl (C=O) groups is 1. The number of hydrogen-bond donors (Lipinski definition) is 1. The molecule has 0 saturated carbocycles. The lowest BCUT2D eigenvalue weighted by molar-refractivity contribution is 0.0946. The van der Waals surface area contributed by atoms with E-state index in [0.717, 1.165) is 10.4 Å². The molecule has 0 aliphatic carbocycles. The van der Waals surface area contributed by atoms with E-state index < -0.39 is 0 Å². The first-order valence-corrected chi connectivity index (χ1v) is 8.07. The third-order valence-corrected chi connectivity index (χ3v) is 4.32. The van der Waals surface area contributed by atoms with Crippen molar-refractivity contribution in [3.8, 4) is 22.1 Å². The zero-order chi connectivity index (χ0) is 16.9. The summed E-state index contributed by atoms with van der Waals surface area (Å²) >= 11 is 1.49. The van der Waals surface area contributed by atoms with E-state index in [-0.39, 0.29) is 18.1 Å². The molecule has 1 aromatic carbocycles. The first-order chi connectivity index (χ1) is 11.7. The van der Waals surface area contributed by atoms with E-state index in [1.54, 1.807) is 26.4 Å². The summed E-state index contributed by atoms with van der Waals surface area (Å²) in [4.78, 5) is 17.3. The maximum absolute atomic E-state index is 12.4. The molecule has 0 fully saturated rings. The molecule has 0 spiro atoms. The summed E-state index contributed by atoms with van der Waals surface area (Å²) in [6.07, 6.45) is 1.27. The maximum atomic E-state index is 12.4. The van der Waals surface area contributed by atoms with Crippen LogP contribution in [0.5, 0.6) is 11.5 Å². The number of methoxy groups -OCH3 is 2. The molecule has 0 unspecified atom stereocenters. The topological polar surface area (TPSA) is 73.6 Å². The van der Waals surface area contributed by atoms with Gasteiger partial charge in [0.1, 0.15) is 11.5 Å². The van der Waals surface area contributed by atoms with Crippen molar-refractivity contribution in [2.45, 2.75) is 6.54 Å². The molecule has 2 heterocycles. The Balaban J connectivity index is 1.76. The number of ether oxygens (including phenoxy) is 2. The molecule has 124 valence electrons. The monoisotopic (exact) mass is 344 g/mol. The minimum absolute atomic E-state index is 0.263. The van der Waals surface area contributed by atoms with Gasteiger partial charge in [-0.2, -0.15) is 0 Å². The van der Waals surface area contributed by atoms with Crippen LogP contribution in [0.2, 0.25) is 0 Å². The number of nitrogens with zero attached hydrogens (tertiary/aromatic N) is 1. The summed E-state index contributed by atoms with van der Waals surface area (Å²) in [7, 11) is 3.17. The minimum Gasteiger partial charge on any atom is -0.497 e. The molecular formula is C17H16N2O4S. The Hall–Kier alpha value is -2.80. The number of benzene rings is 1. The lowest BCUT2D eigenvalue weighted by Gasteiger charge is -2.11. The summed E-state index contributed by atoms with van der Waals surface area (Å²) in [5.74, 6) is 1.53. The van der Waals surface area contributed by atoms with Gasteiger partial charge in [0.25, 0.3) is 5.91 Å². The predicted octanol–water partition coefficient (Wildman–Crippen LogP) is 3.35. The standard InChI is InChI=1S/C17H16N2O4S/c1-21-12-5-6-13(22-2)11(8-12)9-18-17(20)15-16(23-10-19-15)14-4-3-7-24-14/h3-8,10H,9H2,1-2H3,(H,18,20). The van der Waals surface area contributed by atoms with E-state index in [2.05, 4.69) is 10.3 Å². The molecule has 1 N–H and O–H groups in total. The predicted molar refractivity (Wildman–Crippen MR) is 90.5 cm³/mol. The second kappa shape index (κ2) is 7.18. The molecule has 3 rings (SSSR count). The zero-order valence-corrected chi connectivity index (χ0v) is 14.1. The molecule has 2 aromatic heterocycles. The van der Waals surface area contributed by atoms with Crippen LogP contribution in [0.1, 0.15) is 16.1 Å². The number of oxazole rings is 1. The molecule has 7 heteroatoms. The molecule has 0 aliphatic heterocycles. The quantitative estimate of drug-likeness (QED) is 0.742. The highest BCUT2D eigenvalue weighted by Crippen LogP contribution is 2.28. The van der Waals surface area contributed by atoms with Crippen LogP contribution in [0.15, 0.2) is 46.5 Å². The first kappa shape index (κ1) is 16.1. The Bertz CT molecular complexity index is 827. The van der Waals surface area contributed by atoms with Crippen LogP contribution in [0.4, 0.5) is 0 Å². The van der Waals surface area contributed by atoms with Crippen molar-refractivity contribution < 1.29 is 18.7 Å². The Morgan fingerprint density at radius 3 is 2.88 bits per heavy atom. The lowest BCUT2D eigenvalue weighted by atomic mass is 10.2. The molecule has 24 heavy (non-hydrogen) atoms. The van der Waals surface area contributed by atoms with Crippen molar-refractivity contribution in [3.05, 3.63) is 53.4 Å². The number of hydrogen-bond acceptors (Lipinski definition) is 6. The van der Waals surface area contributed by atoms with Crippen LogP contribution in [-0.2, 0) is 6.54 Å². The second-order valence-corrected chi connectivity index (χ2v) is 5.82. The van der Waals surface area contributed by atoms with Gasteiger partial charge >= 0.3 is 0 Å². The molecule has 0 bridgehead atoms. The van der Waals surface area contributed by atoms with Crippen LogP contribution in [0.25, 0.3) is 10.6 Å². The van der Waals surface area contributed by atoms with E-state index in [1.165, 1.54) is 17.7 Å². The third kappa shape index (κ3) is 3.26. The van der Waals surface area contributed by atoms with E-state index in [0.29, 0.717) is 17.3 Å². The van der Waals surface area contributed by atoms with Crippen molar-refractivity contribution in [3.63, 3.8) is 0 Å². The molecule has 0 radical (unpaired) electrons. The van der Waals surface area contributed by atoms with Crippen LogP contribution >= 0.6 is 11.3 Å². The molecule has 0 saturated heterocycles. The molecule has 3 aromatic rings. The summed E-state index contributed by atoms with van der Waals surface area (Å²) in [6.45, 7) is 0.288. The Kier molecular flexibility index (Phi) is 4.81. The van der Waals surface area contributed by atoms with E-state index >= 15 is 0 Å². The van der Waals surface area contributed by atoms with E-state index in [1.807, 2.05) is 23.6 Å². The number of carbonyl (C=O) groups excluding carboxylic acids is 1. The van der Waals surface area contributed by atoms with Gasteiger partial charge in [-0.3, -0.25) is 4.79 Å². The fourth-order valence-corrected chi connectivity index (χ4v) is 2.98. The average Bonchev–Trinajstić information content (AvgIpc) is 3.29. The summed E-state index contributed by atoms with van der Waals surface area (Å²) in [5, 5.41) is 4.75. The van der Waals surface area contributed by atoms with Crippen molar-refractivity contribution in [1.29, 1.82) is 0 Å². The third-order valence-electron chi connectivity index (χ3n) is 3.45. The second-order valence-electron chi connectivity index (χ2n) is 4.87. The molecule has 6 nitrogen and oxygen atoms in total. The van der Waals surface area contributed by atoms with Crippen molar-refractivity contribution in [2.75, 3.05) is 14.2 Å². The number of aromatic nitrogens is 1. The number of nitrogens with one attached hydrogen (secondary N) is 1. The van der Waals surface area contributed by atoms with Crippen molar-refractivity contribution in [1.82, 2.24) is 10.3 Å². The Morgan fingerprint density at radius 2 is 2.17 bits per heavy atom. The van der Waals surface area contributed by atoms with Gasteiger partial charge < -0.3 is 19.2 Å². The van der Waals surface area contributed by atoms with Crippen molar-refractivity contribution in [2.24, 2.45) is 0 Å². The highest BCUT2D eigenvalue weighted by Gasteiger charge is 2.19. The number of rotatable bonds is 6. The molecular weight excluding hydrogens is 328 g/mol. The van der Waals surface area contributed by atoms with Crippen LogP contribution in [0.3, 0.4) is 0 Å². The van der Waals surface area contributed by atoms with Gasteiger partial charge in [0.2, 0.25) is 0 Å². The van der Waals surface area contributed by atoms with Gasteiger partial charge in [0, 0.05) is 12.1 Å². The smallest absolute Gasteiger partial charge is 0.274 e. The summed E-state index contributed by atoms with van der Waals surface area (Å²) < 4.78 is 15.9. The largest absolute Gasteiger partial charge is 0.497 e. The molecule has 0 atom stereocenters.